The van der Waals surface area contributed by atoms with Crippen molar-refractivity contribution in [3.8, 4) is 0 Å². The van der Waals surface area contributed by atoms with Crippen LogP contribution in [0, 0.1) is 0 Å². The minimum absolute atomic E-state index is 0.437. The fourth-order valence-electron chi connectivity index (χ4n) is 2.41. The molecule has 0 aliphatic rings. The summed E-state index contributed by atoms with van der Waals surface area (Å²) in [6.07, 6.45) is -0.437. The first-order valence-electron chi connectivity index (χ1n) is 7.26. The molecular weight excluding hydrogens is 298 g/mol. The van der Waals surface area contributed by atoms with Gasteiger partial charge in [-0.25, -0.2) is 4.98 Å². The summed E-state index contributed by atoms with van der Waals surface area (Å²) in [5.74, 6) is 0.738. The molecule has 5 heteroatoms. The maximum absolute atomic E-state index is 9.49. The Kier molecular flexibility index (Phi) is 4.32. The number of aromatic nitrogens is 2. The number of aliphatic hydroxyl groups excluding tert-OH is 1. The molecule has 2 aromatic carbocycles. The standard InChI is InChI=1S/C17H18ClN3O/c1-12(22)10-19-17-20-15-8-4-5-9-16(15)21(17)11-13-6-2-3-7-14(13)18/h2-9,12,22H,10-11H2,1H3,(H,19,20)/t12-/m0/s1. The van der Waals surface area contributed by atoms with Gasteiger partial charge in [-0.1, -0.05) is 41.9 Å². The number of halogens is 1. The van der Waals surface area contributed by atoms with E-state index in [2.05, 4.69) is 14.9 Å². The molecule has 114 valence electrons. The summed E-state index contributed by atoms with van der Waals surface area (Å²) in [5, 5.41) is 13.4. The molecule has 0 saturated carbocycles. The van der Waals surface area contributed by atoms with Gasteiger partial charge in [-0.05, 0) is 30.7 Å². The second-order valence-electron chi connectivity index (χ2n) is 5.33. The lowest BCUT2D eigenvalue weighted by molar-refractivity contribution is 0.208. The van der Waals surface area contributed by atoms with Gasteiger partial charge in [0.2, 0.25) is 5.95 Å². The van der Waals surface area contributed by atoms with Crippen molar-refractivity contribution in [2.75, 3.05) is 11.9 Å². The monoisotopic (exact) mass is 315 g/mol. The molecule has 3 aromatic rings. The summed E-state index contributed by atoms with van der Waals surface area (Å²) in [6, 6.07) is 15.8. The van der Waals surface area contributed by atoms with Gasteiger partial charge in [-0.15, -0.1) is 0 Å². The predicted octanol–water partition coefficient (Wildman–Crippen LogP) is 3.53. The summed E-state index contributed by atoms with van der Waals surface area (Å²) in [7, 11) is 0. The highest BCUT2D eigenvalue weighted by Gasteiger charge is 2.12. The van der Waals surface area contributed by atoms with Gasteiger partial charge >= 0.3 is 0 Å². The van der Waals surface area contributed by atoms with Gasteiger partial charge in [-0.3, -0.25) is 0 Å². The molecule has 0 aliphatic heterocycles. The highest BCUT2D eigenvalue weighted by molar-refractivity contribution is 6.31. The van der Waals surface area contributed by atoms with Crippen LogP contribution in [0.4, 0.5) is 5.95 Å². The molecule has 0 aliphatic carbocycles. The Balaban J connectivity index is 2.01. The molecule has 0 unspecified atom stereocenters. The van der Waals surface area contributed by atoms with E-state index in [1.165, 1.54) is 0 Å². The lowest BCUT2D eigenvalue weighted by atomic mass is 10.2. The van der Waals surface area contributed by atoms with Crippen molar-refractivity contribution in [2.45, 2.75) is 19.6 Å². The predicted molar refractivity (Wildman–Crippen MR) is 90.5 cm³/mol. The Bertz CT molecular complexity index is 782. The molecule has 22 heavy (non-hydrogen) atoms. The molecule has 1 aromatic heterocycles. The smallest absolute Gasteiger partial charge is 0.204 e. The second kappa shape index (κ2) is 6.38. The Morgan fingerprint density at radius 1 is 1.18 bits per heavy atom. The number of aliphatic hydroxyl groups is 1. The highest BCUT2D eigenvalue weighted by Crippen LogP contribution is 2.24. The molecule has 1 atom stereocenters. The number of rotatable bonds is 5. The van der Waals surface area contributed by atoms with Gasteiger partial charge in [0.05, 0.1) is 23.7 Å². The van der Waals surface area contributed by atoms with Crippen LogP contribution in [0.3, 0.4) is 0 Å². The van der Waals surface area contributed by atoms with Crippen LogP contribution in [-0.4, -0.2) is 27.3 Å². The van der Waals surface area contributed by atoms with Crippen LogP contribution in [0.1, 0.15) is 12.5 Å². The van der Waals surface area contributed by atoms with Crippen LogP contribution in [0.5, 0.6) is 0 Å². The van der Waals surface area contributed by atoms with E-state index < -0.39 is 6.10 Å². The Labute approximate surface area is 134 Å². The number of hydrogen-bond donors (Lipinski definition) is 2. The second-order valence-corrected chi connectivity index (χ2v) is 5.74. The summed E-state index contributed by atoms with van der Waals surface area (Å²) in [6.45, 7) is 2.82. The maximum Gasteiger partial charge on any atom is 0.204 e. The summed E-state index contributed by atoms with van der Waals surface area (Å²) in [4.78, 5) is 4.61. The molecule has 1 heterocycles. The average molecular weight is 316 g/mol. The normalized spacial score (nSPS) is 12.5. The van der Waals surface area contributed by atoms with Crippen molar-refractivity contribution in [1.82, 2.24) is 9.55 Å². The summed E-state index contributed by atoms with van der Waals surface area (Å²) < 4.78 is 2.08. The molecule has 0 saturated heterocycles. The van der Waals surface area contributed by atoms with Gasteiger partial charge < -0.3 is 15.0 Å². The van der Waals surface area contributed by atoms with E-state index in [0.29, 0.717) is 13.1 Å². The van der Waals surface area contributed by atoms with Crippen molar-refractivity contribution in [1.29, 1.82) is 0 Å². The third-order valence-electron chi connectivity index (χ3n) is 3.50. The van der Waals surface area contributed by atoms with Gasteiger partial charge in [-0.2, -0.15) is 0 Å². The number of nitrogens with one attached hydrogen (secondary N) is 1. The van der Waals surface area contributed by atoms with E-state index in [1.54, 1.807) is 6.92 Å². The molecule has 0 radical (unpaired) electrons. The van der Waals surface area contributed by atoms with Gasteiger partial charge in [0.15, 0.2) is 0 Å². The topological polar surface area (TPSA) is 50.1 Å². The van der Waals surface area contributed by atoms with Crippen molar-refractivity contribution < 1.29 is 5.11 Å². The molecule has 0 fully saturated rings. The first-order valence-corrected chi connectivity index (χ1v) is 7.63. The van der Waals surface area contributed by atoms with Crippen LogP contribution in [0.25, 0.3) is 11.0 Å². The zero-order chi connectivity index (χ0) is 15.5. The molecule has 2 N–H and O–H groups in total. The maximum atomic E-state index is 9.49. The number of benzene rings is 2. The van der Waals surface area contributed by atoms with E-state index in [4.69, 9.17) is 11.6 Å². The fourth-order valence-corrected chi connectivity index (χ4v) is 2.60. The van der Waals surface area contributed by atoms with E-state index in [1.807, 2.05) is 48.5 Å². The molecule has 0 amide bonds. The Morgan fingerprint density at radius 3 is 2.68 bits per heavy atom. The number of fused-ring (bicyclic) bond motifs is 1. The SMILES string of the molecule is C[C@H](O)CNc1nc2ccccc2n1Cc1ccccc1Cl. The minimum atomic E-state index is -0.437. The third-order valence-corrected chi connectivity index (χ3v) is 3.87. The van der Waals surface area contributed by atoms with Gasteiger partial charge in [0, 0.05) is 11.6 Å². The van der Waals surface area contributed by atoms with Crippen LogP contribution in [0.15, 0.2) is 48.5 Å². The quantitative estimate of drug-likeness (QED) is 0.757. The van der Waals surface area contributed by atoms with Crippen molar-refractivity contribution in [3.63, 3.8) is 0 Å². The first-order chi connectivity index (χ1) is 10.6. The molecule has 4 nitrogen and oxygen atoms in total. The van der Waals surface area contributed by atoms with Crippen molar-refractivity contribution in [2.24, 2.45) is 0 Å². The van der Waals surface area contributed by atoms with Crippen LogP contribution < -0.4 is 5.32 Å². The third kappa shape index (κ3) is 3.08. The lowest BCUT2D eigenvalue weighted by Gasteiger charge is -2.13. The number of hydrogen-bond acceptors (Lipinski definition) is 3. The zero-order valence-corrected chi connectivity index (χ0v) is 13.1. The summed E-state index contributed by atoms with van der Waals surface area (Å²) >= 11 is 6.28. The number of imidazole rings is 1. The Morgan fingerprint density at radius 2 is 1.91 bits per heavy atom. The van der Waals surface area contributed by atoms with Crippen LogP contribution in [-0.2, 0) is 6.54 Å². The molecule has 0 bridgehead atoms. The Hall–Kier alpha value is -2.04. The van der Waals surface area contributed by atoms with Crippen LogP contribution >= 0.6 is 11.6 Å². The minimum Gasteiger partial charge on any atom is -0.392 e. The molecule has 0 spiro atoms. The average Bonchev–Trinajstić information content (AvgIpc) is 2.85. The number of nitrogens with zero attached hydrogens (tertiary/aromatic N) is 2. The van der Waals surface area contributed by atoms with Crippen molar-refractivity contribution in [3.05, 3.63) is 59.1 Å². The lowest BCUT2D eigenvalue weighted by Crippen LogP contribution is -2.18. The van der Waals surface area contributed by atoms with E-state index in [9.17, 15) is 5.11 Å². The summed E-state index contributed by atoms with van der Waals surface area (Å²) in [5.41, 5.74) is 2.99. The molecular formula is C17H18ClN3O. The van der Waals surface area contributed by atoms with Crippen molar-refractivity contribution >= 4 is 28.6 Å². The largest absolute Gasteiger partial charge is 0.392 e. The van der Waals surface area contributed by atoms with Gasteiger partial charge in [0.25, 0.3) is 0 Å². The van der Waals surface area contributed by atoms with Crippen LogP contribution in [0.2, 0.25) is 5.02 Å². The fraction of sp³-hybridized carbons (Fsp3) is 0.235. The van der Waals surface area contributed by atoms with E-state index in [0.717, 1.165) is 27.6 Å². The number of anilines is 1. The number of para-hydroxylation sites is 2. The van der Waals surface area contributed by atoms with E-state index >= 15 is 0 Å². The first kappa shape index (κ1) is 14.9. The van der Waals surface area contributed by atoms with Gasteiger partial charge in [0.1, 0.15) is 0 Å². The molecule has 3 rings (SSSR count). The van der Waals surface area contributed by atoms with E-state index in [-0.39, 0.29) is 0 Å². The zero-order valence-electron chi connectivity index (χ0n) is 12.3. The highest BCUT2D eigenvalue weighted by atomic mass is 35.5.